The van der Waals surface area contributed by atoms with Crippen LogP contribution in [0.3, 0.4) is 0 Å². The molecule has 4 rings (SSSR count). The molecule has 1 amide bonds. The van der Waals surface area contributed by atoms with Crippen molar-refractivity contribution in [2.24, 2.45) is 0 Å². The second-order valence-corrected chi connectivity index (χ2v) is 10.7. The van der Waals surface area contributed by atoms with Gasteiger partial charge in [-0.1, -0.05) is 48.0 Å². The molecule has 7 heteroatoms. The van der Waals surface area contributed by atoms with Crippen molar-refractivity contribution in [2.75, 3.05) is 23.7 Å². The summed E-state index contributed by atoms with van der Waals surface area (Å²) in [6.45, 7) is 2.91. The van der Waals surface area contributed by atoms with E-state index in [0.29, 0.717) is 31.7 Å². The minimum atomic E-state index is -3.36. The molecule has 2 heterocycles. The Balaban J connectivity index is 1.50. The third kappa shape index (κ3) is 3.71. The van der Waals surface area contributed by atoms with Crippen molar-refractivity contribution in [2.45, 2.75) is 30.4 Å². The van der Waals surface area contributed by atoms with E-state index >= 15 is 0 Å². The highest BCUT2D eigenvalue weighted by Gasteiger charge is 2.49. The van der Waals surface area contributed by atoms with Crippen LogP contribution in [-0.2, 0) is 20.6 Å². The number of hydrogen-bond acceptors (Lipinski definition) is 4. The highest BCUT2D eigenvalue weighted by atomic mass is 32.2. The molecule has 0 bridgehead atoms. The van der Waals surface area contributed by atoms with Gasteiger partial charge in [0.1, 0.15) is 0 Å². The van der Waals surface area contributed by atoms with Crippen molar-refractivity contribution in [1.82, 2.24) is 4.31 Å². The van der Waals surface area contributed by atoms with Crippen LogP contribution in [0, 0.1) is 6.92 Å². The summed E-state index contributed by atoms with van der Waals surface area (Å²) in [6, 6.07) is 17.3. The van der Waals surface area contributed by atoms with E-state index in [1.54, 1.807) is 16.1 Å². The number of amides is 1. The third-order valence-corrected chi connectivity index (χ3v) is 8.87. The average Bonchev–Trinajstić information content (AvgIpc) is 2.99. The first-order valence-corrected chi connectivity index (χ1v) is 12.0. The smallest absolute Gasteiger partial charge is 0.238 e. The quantitative estimate of drug-likeness (QED) is 0.767. The molecular formula is C21H24N2O3S2. The molecule has 1 spiro atoms. The summed E-state index contributed by atoms with van der Waals surface area (Å²) < 4.78 is 27.3. The van der Waals surface area contributed by atoms with Crippen LogP contribution in [0.5, 0.6) is 0 Å². The topological polar surface area (TPSA) is 57.7 Å². The average molecular weight is 417 g/mol. The second kappa shape index (κ2) is 7.54. The van der Waals surface area contributed by atoms with Gasteiger partial charge >= 0.3 is 0 Å². The fourth-order valence-corrected chi connectivity index (χ4v) is 6.85. The summed E-state index contributed by atoms with van der Waals surface area (Å²) in [4.78, 5) is 14.2. The Hall–Kier alpha value is -1.83. The molecule has 148 valence electrons. The summed E-state index contributed by atoms with van der Waals surface area (Å²) >= 11 is 1.65. The lowest BCUT2D eigenvalue weighted by atomic mass is 10.0. The van der Waals surface area contributed by atoms with Crippen LogP contribution >= 0.6 is 11.8 Å². The lowest BCUT2D eigenvalue weighted by molar-refractivity contribution is -0.116. The van der Waals surface area contributed by atoms with Crippen LogP contribution in [0.25, 0.3) is 0 Å². The Morgan fingerprint density at radius 3 is 2.29 bits per heavy atom. The minimum absolute atomic E-state index is 0.0224. The molecule has 2 aliphatic rings. The van der Waals surface area contributed by atoms with Crippen LogP contribution in [-0.4, -0.2) is 42.3 Å². The van der Waals surface area contributed by atoms with Crippen LogP contribution < -0.4 is 4.90 Å². The zero-order valence-electron chi connectivity index (χ0n) is 15.9. The summed E-state index contributed by atoms with van der Waals surface area (Å²) in [5.74, 6) is 0.577. The van der Waals surface area contributed by atoms with Crippen molar-refractivity contribution in [3.8, 4) is 0 Å². The molecule has 2 aromatic carbocycles. The molecule has 0 aliphatic carbocycles. The Bertz CT molecular complexity index is 951. The Kier molecular flexibility index (Phi) is 5.24. The van der Waals surface area contributed by atoms with Gasteiger partial charge < -0.3 is 0 Å². The van der Waals surface area contributed by atoms with E-state index in [2.05, 4.69) is 0 Å². The predicted molar refractivity (Wildman–Crippen MR) is 114 cm³/mol. The molecule has 2 saturated heterocycles. The normalized spacial score (nSPS) is 20.0. The Labute approximate surface area is 170 Å². The maximum Gasteiger partial charge on any atom is 0.238 e. The van der Waals surface area contributed by atoms with Gasteiger partial charge in [-0.3, -0.25) is 9.69 Å². The molecule has 2 aliphatic heterocycles. The van der Waals surface area contributed by atoms with Crippen LogP contribution in [0.1, 0.15) is 24.0 Å². The van der Waals surface area contributed by atoms with Gasteiger partial charge in [-0.15, -0.1) is 11.8 Å². The summed E-state index contributed by atoms with van der Waals surface area (Å²) in [6.07, 6.45) is 1.29. The van der Waals surface area contributed by atoms with Gasteiger partial charge in [0.15, 0.2) is 0 Å². The van der Waals surface area contributed by atoms with E-state index in [4.69, 9.17) is 0 Å². The van der Waals surface area contributed by atoms with E-state index in [1.807, 2.05) is 66.4 Å². The number of rotatable bonds is 4. The van der Waals surface area contributed by atoms with Crippen molar-refractivity contribution >= 4 is 33.4 Å². The number of carbonyl (C=O) groups excluding carboxylic acids is 1. The molecule has 0 aromatic heterocycles. The summed E-state index contributed by atoms with van der Waals surface area (Å²) in [5, 5.41) is 0. The van der Waals surface area contributed by atoms with Gasteiger partial charge in [0, 0.05) is 18.8 Å². The number of hydrogen-bond donors (Lipinski definition) is 0. The number of carbonyl (C=O) groups is 1. The largest absolute Gasteiger partial charge is 0.296 e. The van der Waals surface area contributed by atoms with Crippen LogP contribution in [0.2, 0.25) is 0 Å². The predicted octanol–water partition coefficient (Wildman–Crippen LogP) is 3.40. The lowest BCUT2D eigenvalue weighted by Crippen LogP contribution is -2.53. The number of sulfonamides is 1. The number of piperidine rings is 1. The SMILES string of the molecule is Cc1ccc(N2C(=O)CSC23CCN(S(=O)(=O)Cc2ccccc2)CC3)cc1. The van der Waals surface area contributed by atoms with E-state index in [9.17, 15) is 13.2 Å². The van der Waals surface area contributed by atoms with Crippen LogP contribution in [0.15, 0.2) is 54.6 Å². The van der Waals surface area contributed by atoms with E-state index in [0.717, 1.165) is 16.8 Å². The fourth-order valence-electron chi connectivity index (χ4n) is 3.98. The van der Waals surface area contributed by atoms with Crippen molar-refractivity contribution in [1.29, 1.82) is 0 Å². The molecule has 0 saturated carbocycles. The van der Waals surface area contributed by atoms with Crippen molar-refractivity contribution in [3.05, 3.63) is 65.7 Å². The zero-order chi connectivity index (χ0) is 19.8. The molecule has 0 radical (unpaired) electrons. The van der Waals surface area contributed by atoms with E-state index in [-0.39, 0.29) is 16.5 Å². The van der Waals surface area contributed by atoms with Crippen molar-refractivity contribution < 1.29 is 13.2 Å². The number of thioether (sulfide) groups is 1. The summed E-state index contributed by atoms with van der Waals surface area (Å²) in [7, 11) is -3.36. The highest BCUT2D eigenvalue weighted by Crippen LogP contribution is 2.47. The van der Waals surface area contributed by atoms with Crippen LogP contribution in [0.4, 0.5) is 5.69 Å². The lowest BCUT2D eigenvalue weighted by Gasteiger charge is -2.43. The molecule has 5 nitrogen and oxygen atoms in total. The maximum atomic E-state index is 12.9. The van der Waals surface area contributed by atoms with Crippen molar-refractivity contribution in [3.63, 3.8) is 0 Å². The van der Waals surface area contributed by atoms with Gasteiger partial charge in [-0.25, -0.2) is 12.7 Å². The molecule has 2 aromatic rings. The standard InChI is InChI=1S/C21H24N2O3S2/c1-17-7-9-19(10-8-17)23-20(24)15-27-21(23)11-13-22(14-12-21)28(25,26)16-18-5-3-2-4-6-18/h2-10H,11-16H2,1H3. The monoisotopic (exact) mass is 416 g/mol. The highest BCUT2D eigenvalue weighted by molar-refractivity contribution is 8.02. The molecular weight excluding hydrogens is 392 g/mol. The number of anilines is 1. The number of benzene rings is 2. The van der Waals surface area contributed by atoms with Gasteiger partial charge in [0.05, 0.1) is 16.4 Å². The Morgan fingerprint density at radius 1 is 1.00 bits per heavy atom. The molecule has 2 fully saturated rings. The molecule has 28 heavy (non-hydrogen) atoms. The zero-order valence-corrected chi connectivity index (χ0v) is 17.5. The number of nitrogens with zero attached hydrogens (tertiary/aromatic N) is 2. The van der Waals surface area contributed by atoms with Gasteiger partial charge in [0.2, 0.25) is 15.9 Å². The van der Waals surface area contributed by atoms with Gasteiger partial charge in [-0.05, 0) is 37.5 Å². The van der Waals surface area contributed by atoms with Gasteiger partial charge in [0.25, 0.3) is 0 Å². The first-order valence-electron chi connectivity index (χ1n) is 9.45. The molecule has 0 N–H and O–H groups in total. The minimum Gasteiger partial charge on any atom is -0.296 e. The summed E-state index contributed by atoms with van der Waals surface area (Å²) in [5.41, 5.74) is 2.86. The fraction of sp³-hybridized carbons (Fsp3) is 0.381. The maximum absolute atomic E-state index is 12.9. The van der Waals surface area contributed by atoms with Gasteiger partial charge in [-0.2, -0.15) is 0 Å². The van der Waals surface area contributed by atoms with E-state index < -0.39 is 10.0 Å². The Morgan fingerprint density at radius 2 is 1.64 bits per heavy atom. The first kappa shape index (κ1) is 19.5. The first-order chi connectivity index (χ1) is 13.4. The molecule has 0 unspecified atom stereocenters. The molecule has 0 atom stereocenters. The third-order valence-electron chi connectivity index (χ3n) is 5.50. The second-order valence-electron chi connectivity index (χ2n) is 7.44. The number of aryl methyl sites for hydroxylation is 1. The van der Waals surface area contributed by atoms with E-state index in [1.165, 1.54) is 0 Å².